The van der Waals surface area contributed by atoms with Crippen molar-refractivity contribution in [1.82, 2.24) is 20.5 Å². The Morgan fingerprint density at radius 3 is 2.71 bits per heavy atom. The minimum atomic E-state index is 0. The van der Waals surface area contributed by atoms with Gasteiger partial charge in [-0.15, -0.1) is 24.0 Å². The standard InChI is InChI=1S/C22H35N5.HI/c1-4-23-22(26-19-11-14-27(15-12-19)17(2)3)24-13-7-8-18-16-25-21-10-6-5-9-20(18)21;/h5-6,9-10,16-17,19,25H,4,7-8,11-15H2,1-3H3,(H2,23,24,26);1H. The molecular formula is C22H36IN5. The maximum absolute atomic E-state index is 4.81. The molecule has 6 heteroatoms. The minimum absolute atomic E-state index is 0. The molecule has 5 nitrogen and oxygen atoms in total. The lowest BCUT2D eigenvalue weighted by atomic mass is 10.0. The first-order valence-electron chi connectivity index (χ1n) is 10.5. The van der Waals surface area contributed by atoms with Crippen molar-refractivity contribution < 1.29 is 0 Å². The molecule has 1 aliphatic rings. The zero-order chi connectivity index (χ0) is 19.1. The number of rotatable bonds is 7. The van der Waals surface area contributed by atoms with E-state index >= 15 is 0 Å². The summed E-state index contributed by atoms with van der Waals surface area (Å²) in [6, 6.07) is 9.69. The molecule has 0 unspecified atom stereocenters. The van der Waals surface area contributed by atoms with Crippen molar-refractivity contribution in [3.05, 3.63) is 36.0 Å². The van der Waals surface area contributed by atoms with E-state index in [1.54, 1.807) is 0 Å². The van der Waals surface area contributed by atoms with Crippen LogP contribution in [0.4, 0.5) is 0 Å². The van der Waals surface area contributed by atoms with E-state index in [0.717, 1.165) is 31.9 Å². The van der Waals surface area contributed by atoms with Gasteiger partial charge in [0.1, 0.15) is 0 Å². The molecule has 1 saturated heterocycles. The Balaban J connectivity index is 0.00000280. The number of aryl methyl sites for hydroxylation is 1. The second kappa shape index (κ2) is 11.7. The molecule has 0 radical (unpaired) electrons. The molecule has 2 heterocycles. The average Bonchev–Trinajstić information content (AvgIpc) is 3.09. The fourth-order valence-corrected chi connectivity index (χ4v) is 3.87. The van der Waals surface area contributed by atoms with Crippen molar-refractivity contribution >= 4 is 40.8 Å². The molecule has 0 atom stereocenters. The van der Waals surface area contributed by atoms with Gasteiger partial charge in [0.15, 0.2) is 5.96 Å². The number of hydrogen-bond acceptors (Lipinski definition) is 2. The summed E-state index contributed by atoms with van der Waals surface area (Å²) in [4.78, 5) is 10.7. The number of para-hydroxylation sites is 1. The average molecular weight is 497 g/mol. The van der Waals surface area contributed by atoms with E-state index in [-0.39, 0.29) is 24.0 Å². The molecular weight excluding hydrogens is 461 g/mol. The number of nitrogens with one attached hydrogen (secondary N) is 3. The first kappa shape index (κ1) is 23.0. The molecule has 156 valence electrons. The molecule has 1 aromatic heterocycles. The van der Waals surface area contributed by atoms with Gasteiger partial charge in [0.05, 0.1) is 0 Å². The molecule has 3 rings (SSSR count). The number of piperidine rings is 1. The van der Waals surface area contributed by atoms with Gasteiger partial charge in [-0.3, -0.25) is 4.99 Å². The molecule has 0 spiro atoms. The highest BCUT2D eigenvalue weighted by Crippen LogP contribution is 2.19. The first-order valence-corrected chi connectivity index (χ1v) is 10.5. The molecule has 0 saturated carbocycles. The Labute approximate surface area is 186 Å². The molecule has 0 amide bonds. The number of benzene rings is 1. The lowest BCUT2D eigenvalue weighted by Crippen LogP contribution is -2.49. The number of halogens is 1. The van der Waals surface area contributed by atoms with Gasteiger partial charge in [0.2, 0.25) is 0 Å². The largest absolute Gasteiger partial charge is 0.361 e. The maximum Gasteiger partial charge on any atom is 0.191 e. The molecule has 0 bridgehead atoms. The van der Waals surface area contributed by atoms with Crippen LogP contribution in [-0.4, -0.2) is 54.1 Å². The molecule has 1 fully saturated rings. The minimum Gasteiger partial charge on any atom is -0.361 e. The van der Waals surface area contributed by atoms with Gasteiger partial charge in [0.25, 0.3) is 0 Å². The number of nitrogens with zero attached hydrogens (tertiary/aromatic N) is 2. The second-order valence-corrected chi connectivity index (χ2v) is 7.77. The van der Waals surface area contributed by atoms with E-state index in [1.807, 2.05) is 0 Å². The summed E-state index contributed by atoms with van der Waals surface area (Å²) in [5, 5.41) is 8.39. The van der Waals surface area contributed by atoms with Crippen LogP contribution in [0.15, 0.2) is 35.5 Å². The molecule has 3 N–H and O–H groups in total. The normalized spacial score (nSPS) is 16.4. The van der Waals surface area contributed by atoms with Crippen LogP contribution in [0.25, 0.3) is 10.9 Å². The number of fused-ring (bicyclic) bond motifs is 1. The van der Waals surface area contributed by atoms with Crippen molar-refractivity contribution in [2.45, 2.75) is 58.5 Å². The first-order chi connectivity index (χ1) is 13.2. The van der Waals surface area contributed by atoms with Crippen LogP contribution in [0.1, 0.15) is 45.6 Å². The van der Waals surface area contributed by atoms with Gasteiger partial charge in [-0.2, -0.15) is 0 Å². The number of likely N-dealkylation sites (tertiary alicyclic amines) is 1. The van der Waals surface area contributed by atoms with E-state index in [9.17, 15) is 0 Å². The highest BCUT2D eigenvalue weighted by Gasteiger charge is 2.21. The molecule has 1 aromatic carbocycles. The molecule has 1 aliphatic heterocycles. The summed E-state index contributed by atoms with van der Waals surface area (Å²) in [5.74, 6) is 0.972. The third-order valence-electron chi connectivity index (χ3n) is 5.49. The van der Waals surface area contributed by atoms with E-state index in [2.05, 4.69) is 71.8 Å². The van der Waals surface area contributed by atoms with Crippen LogP contribution in [-0.2, 0) is 6.42 Å². The fraction of sp³-hybridized carbons (Fsp3) is 0.591. The number of aromatic amines is 1. The van der Waals surface area contributed by atoms with Crippen LogP contribution in [0, 0.1) is 0 Å². The van der Waals surface area contributed by atoms with E-state index in [0.29, 0.717) is 12.1 Å². The van der Waals surface area contributed by atoms with Gasteiger partial charge >= 0.3 is 0 Å². The third kappa shape index (κ3) is 6.37. The molecule has 28 heavy (non-hydrogen) atoms. The highest BCUT2D eigenvalue weighted by molar-refractivity contribution is 14.0. The zero-order valence-corrected chi connectivity index (χ0v) is 19.8. The van der Waals surface area contributed by atoms with E-state index < -0.39 is 0 Å². The summed E-state index contributed by atoms with van der Waals surface area (Å²) in [6.07, 6.45) is 6.64. The number of guanidine groups is 1. The van der Waals surface area contributed by atoms with Crippen LogP contribution in [0.3, 0.4) is 0 Å². The van der Waals surface area contributed by atoms with Crippen molar-refractivity contribution in [2.75, 3.05) is 26.2 Å². The Hall–Kier alpha value is -1.28. The number of hydrogen-bond donors (Lipinski definition) is 3. The van der Waals surface area contributed by atoms with Crippen LogP contribution >= 0.6 is 24.0 Å². The van der Waals surface area contributed by atoms with Crippen molar-refractivity contribution in [1.29, 1.82) is 0 Å². The SMILES string of the molecule is CCNC(=NCCCc1c[nH]c2ccccc12)NC1CCN(C(C)C)CC1.I. The molecule has 2 aromatic rings. The van der Waals surface area contributed by atoms with Crippen LogP contribution in [0.2, 0.25) is 0 Å². The number of aliphatic imine (C=N–C) groups is 1. The highest BCUT2D eigenvalue weighted by atomic mass is 127. The smallest absolute Gasteiger partial charge is 0.191 e. The lowest BCUT2D eigenvalue weighted by Gasteiger charge is -2.35. The van der Waals surface area contributed by atoms with Crippen molar-refractivity contribution in [3.8, 4) is 0 Å². The second-order valence-electron chi connectivity index (χ2n) is 7.77. The maximum atomic E-state index is 4.81. The van der Waals surface area contributed by atoms with E-state index in [4.69, 9.17) is 4.99 Å². The number of H-pyrrole nitrogens is 1. The van der Waals surface area contributed by atoms with Gasteiger partial charge in [-0.1, -0.05) is 18.2 Å². The summed E-state index contributed by atoms with van der Waals surface area (Å²) in [6.45, 7) is 10.8. The van der Waals surface area contributed by atoms with Crippen molar-refractivity contribution in [2.24, 2.45) is 4.99 Å². The number of aromatic nitrogens is 1. The monoisotopic (exact) mass is 497 g/mol. The fourth-order valence-electron chi connectivity index (χ4n) is 3.87. The quantitative estimate of drug-likeness (QED) is 0.233. The molecule has 0 aliphatic carbocycles. The Morgan fingerprint density at radius 1 is 1.25 bits per heavy atom. The van der Waals surface area contributed by atoms with Crippen LogP contribution < -0.4 is 10.6 Å². The van der Waals surface area contributed by atoms with Gasteiger partial charge in [-0.25, -0.2) is 0 Å². The topological polar surface area (TPSA) is 55.5 Å². The Morgan fingerprint density at radius 2 is 2.00 bits per heavy atom. The predicted octanol–water partition coefficient (Wildman–Crippen LogP) is 4.15. The van der Waals surface area contributed by atoms with Gasteiger partial charge in [-0.05, 0) is 58.1 Å². The summed E-state index contributed by atoms with van der Waals surface area (Å²) in [7, 11) is 0. The zero-order valence-electron chi connectivity index (χ0n) is 17.5. The predicted molar refractivity (Wildman–Crippen MR) is 131 cm³/mol. The Kier molecular flexibility index (Phi) is 9.58. The van der Waals surface area contributed by atoms with Crippen LogP contribution in [0.5, 0.6) is 0 Å². The van der Waals surface area contributed by atoms with E-state index in [1.165, 1.54) is 42.4 Å². The summed E-state index contributed by atoms with van der Waals surface area (Å²) >= 11 is 0. The van der Waals surface area contributed by atoms with Gasteiger partial charge in [0, 0.05) is 55.4 Å². The van der Waals surface area contributed by atoms with Crippen molar-refractivity contribution in [3.63, 3.8) is 0 Å². The third-order valence-corrected chi connectivity index (χ3v) is 5.49. The Bertz CT molecular complexity index is 731. The lowest BCUT2D eigenvalue weighted by molar-refractivity contribution is 0.167. The van der Waals surface area contributed by atoms with Gasteiger partial charge < -0.3 is 20.5 Å². The summed E-state index contributed by atoms with van der Waals surface area (Å²) in [5.41, 5.74) is 2.61. The summed E-state index contributed by atoms with van der Waals surface area (Å²) < 4.78 is 0.